The molecule has 3 rings (SSSR count). The molecule has 0 aliphatic carbocycles. The summed E-state index contributed by atoms with van der Waals surface area (Å²) in [5, 5.41) is 5.90. The molecular weight excluding hydrogens is 304 g/mol. The van der Waals surface area contributed by atoms with E-state index in [9.17, 15) is 4.79 Å². The van der Waals surface area contributed by atoms with Crippen molar-refractivity contribution in [1.29, 1.82) is 0 Å². The maximum Gasteiger partial charge on any atom is 0.271 e. The minimum atomic E-state index is -0.268. The smallest absolute Gasteiger partial charge is 0.271 e. The Hall–Kier alpha value is -3.35. The Labute approximate surface area is 139 Å². The summed E-state index contributed by atoms with van der Waals surface area (Å²) >= 11 is 0. The number of rotatable bonds is 6. The topological polar surface area (TPSA) is 92.7 Å². The van der Waals surface area contributed by atoms with Crippen LogP contribution in [0.15, 0.2) is 61.3 Å². The number of carbonyl (C=O) groups excluding carboxylic acids is 1. The van der Waals surface area contributed by atoms with E-state index < -0.39 is 0 Å². The number of anilines is 1. The highest BCUT2D eigenvalue weighted by Crippen LogP contribution is 2.04. The van der Waals surface area contributed by atoms with Gasteiger partial charge in [0.2, 0.25) is 0 Å². The van der Waals surface area contributed by atoms with Crippen LogP contribution in [-0.2, 0) is 13.1 Å². The molecule has 3 heterocycles. The minimum Gasteiger partial charge on any atom is -0.363 e. The van der Waals surface area contributed by atoms with E-state index in [1.54, 1.807) is 18.6 Å². The second-order valence-corrected chi connectivity index (χ2v) is 5.00. The van der Waals surface area contributed by atoms with Crippen LogP contribution in [0.25, 0.3) is 0 Å². The van der Waals surface area contributed by atoms with E-state index in [1.807, 2.05) is 30.3 Å². The molecule has 0 atom stereocenters. The fraction of sp³-hybridized carbons (Fsp3) is 0.118. The van der Waals surface area contributed by atoms with E-state index in [2.05, 4.69) is 30.6 Å². The molecule has 0 spiro atoms. The highest BCUT2D eigenvalue weighted by atomic mass is 16.1. The number of aromatic nitrogens is 4. The van der Waals surface area contributed by atoms with Crippen LogP contribution in [0.2, 0.25) is 0 Å². The monoisotopic (exact) mass is 320 g/mol. The summed E-state index contributed by atoms with van der Waals surface area (Å²) in [6.07, 6.45) is 8.08. The van der Waals surface area contributed by atoms with Gasteiger partial charge in [0, 0.05) is 25.1 Å². The van der Waals surface area contributed by atoms with Crippen molar-refractivity contribution in [3.05, 3.63) is 78.3 Å². The quantitative estimate of drug-likeness (QED) is 0.719. The average Bonchev–Trinajstić information content (AvgIpc) is 2.66. The third-order valence-corrected chi connectivity index (χ3v) is 3.26. The van der Waals surface area contributed by atoms with E-state index in [1.165, 1.54) is 12.4 Å². The summed E-state index contributed by atoms with van der Waals surface area (Å²) in [5.74, 6) is 0.321. The molecule has 0 unspecified atom stereocenters. The van der Waals surface area contributed by atoms with Gasteiger partial charge in [0.1, 0.15) is 11.5 Å². The van der Waals surface area contributed by atoms with Crippen LogP contribution in [-0.4, -0.2) is 25.8 Å². The Balaban J connectivity index is 1.53. The number of nitrogens with zero attached hydrogens (tertiary/aromatic N) is 4. The Morgan fingerprint density at radius 2 is 1.79 bits per heavy atom. The first kappa shape index (κ1) is 15.5. The molecule has 120 valence electrons. The van der Waals surface area contributed by atoms with Gasteiger partial charge >= 0.3 is 0 Å². The lowest BCUT2D eigenvalue weighted by molar-refractivity contribution is 0.0945. The molecule has 0 saturated heterocycles. The van der Waals surface area contributed by atoms with Crippen molar-refractivity contribution in [2.45, 2.75) is 13.1 Å². The molecule has 7 nitrogen and oxygen atoms in total. The molecule has 0 radical (unpaired) electrons. The summed E-state index contributed by atoms with van der Waals surface area (Å²) in [6.45, 7) is 0.964. The van der Waals surface area contributed by atoms with E-state index in [0.29, 0.717) is 18.9 Å². The van der Waals surface area contributed by atoms with Gasteiger partial charge < -0.3 is 10.6 Å². The molecule has 0 aromatic carbocycles. The zero-order valence-corrected chi connectivity index (χ0v) is 12.9. The molecule has 0 fully saturated rings. The number of hydrogen-bond acceptors (Lipinski definition) is 6. The fourth-order valence-electron chi connectivity index (χ4n) is 1.99. The van der Waals surface area contributed by atoms with E-state index >= 15 is 0 Å². The molecule has 24 heavy (non-hydrogen) atoms. The van der Waals surface area contributed by atoms with Gasteiger partial charge in [-0.3, -0.25) is 14.8 Å². The van der Waals surface area contributed by atoms with Gasteiger partial charge in [-0.25, -0.2) is 9.97 Å². The molecular formula is C17H16N6O. The maximum atomic E-state index is 12.0. The Kier molecular flexibility index (Phi) is 5.03. The zero-order valence-electron chi connectivity index (χ0n) is 12.9. The molecule has 7 heteroatoms. The summed E-state index contributed by atoms with van der Waals surface area (Å²) in [4.78, 5) is 28.5. The Morgan fingerprint density at radius 3 is 2.50 bits per heavy atom. The molecule has 2 N–H and O–H groups in total. The number of nitrogens with one attached hydrogen (secondary N) is 2. The van der Waals surface area contributed by atoms with Crippen molar-refractivity contribution in [1.82, 2.24) is 25.3 Å². The predicted molar refractivity (Wildman–Crippen MR) is 89.0 cm³/mol. The first-order valence-corrected chi connectivity index (χ1v) is 7.44. The molecule has 3 aromatic heterocycles. The molecule has 3 aromatic rings. The van der Waals surface area contributed by atoms with Crippen molar-refractivity contribution >= 4 is 11.7 Å². The van der Waals surface area contributed by atoms with Crippen molar-refractivity contribution < 1.29 is 4.79 Å². The second-order valence-electron chi connectivity index (χ2n) is 5.00. The van der Waals surface area contributed by atoms with Gasteiger partial charge in [0.25, 0.3) is 5.91 Å². The first-order valence-electron chi connectivity index (χ1n) is 7.44. The summed E-state index contributed by atoms with van der Waals surface area (Å²) in [5.41, 5.74) is 2.14. The number of pyridine rings is 2. The number of amides is 1. The second kappa shape index (κ2) is 7.77. The summed E-state index contributed by atoms with van der Waals surface area (Å²) < 4.78 is 0. The standard InChI is InChI=1S/C17H16N6O/c24-17(23-9-13-4-7-18-8-5-13)15-11-22-16(12-20-15)21-10-14-3-1-2-6-19-14/h1-8,11-12H,9-10H2,(H,21,22)(H,23,24). The third kappa shape index (κ3) is 4.33. The van der Waals surface area contributed by atoms with Gasteiger partial charge in [-0.2, -0.15) is 0 Å². The number of hydrogen-bond donors (Lipinski definition) is 2. The first-order chi connectivity index (χ1) is 11.8. The van der Waals surface area contributed by atoms with Crippen LogP contribution in [0.4, 0.5) is 5.82 Å². The Morgan fingerprint density at radius 1 is 0.917 bits per heavy atom. The van der Waals surface area contributed by atoms with Gasteiger partial charge in [0.05, 0.1) is 24.6 Å². The van der Waals surface area contributed by atoms with Gasteiger partial charge in [0.15, 0.2) is 0 Å². The zero-order chi connectivity index (χ0) is 16.6. The van der Waals surface area contributed by atoms with Crippen LogP contribution < -0.4 is 10.6 Å². The number of carbonyl (C=O) groups is 1. The summed E-state index contributed by atoms with van der Waals surface area (Å²) in [6, 6.07) is 9.39. The minimum absolute atomic E-state index is 0.268. The SMILES string of the molecule is O=C(NCc1ccncc1)c1cnc(NCc2ccccn2)cn1. The molecule has 0 bridgehead atoms. The van der Waals surface area contributed by atoms with Crippen molar-refractivity contribution in [2.24, 2.45) is 0 Å². The maximum absolute atomic E-state index is 12.0. The van der Waals surface area contributed by atoms with Crippen LogP contribution in [0.3, 0.4) is 0 Å². The highest BCUT2D eigenvalue weighted by molar-refractivity contribution is 5.91. The summed E-state index contributed by atoms with van der Waals surface area (Å²) in [7, 11) is 0. The third-order valence-electron chi connectivity index (χ3n) is 3.26. The van der Waals surface area contributed by atoms with Crippen molar-refractivity contribution in [3.63, 3.8) is 0 Å². The fourth-order valence-corrected chi connectivity index (χ4v) is 1.99. The van der Waals surface area contributed by atoms with Crippen molar-refractivity contribution in [3.8, 4) is 0 Å². The molecule has 0 saturated carbocycles. The van der Waals surface area contributed by atoms with Crippen LogP contribution in [0.5, 0.6) is 0 Å². The van der Waals surface area contributed by atoms with E-state index in [0.717, 1.165) is 11.3 Å². The van der Waals surface area contributed by atoms with Crippen LogP contribution in [0.1, 0.15) is 21.7 Å². The predicted octanol–water partition coefficient (Wildman–Crippen LogP) is 1.81. The normalized spacial score (nSPS) is 10.2. The average molecular weight is 320 g/mol. The highest BCUT2D eigenvalue weighted by Gasteiger charge is 2.07. The van der Waals surface area contributed by atoms with Crippen molar-refractivity contribution in [2.75, 3.05) is 5.32 Å². The molecule has 1 amide bonds. The Bertz CT molecular complexity index is 777. The lowest BCUT2D eigenvalue weighted by Crippen LogP contribution is -2.24. The van der Waals surface area contributed by atoms with E-state index in [-0.39, 0.29) is 11.6 Å². The van der Waals surface area contributed by atoms with E-state index in [4.69, 9.17) is 0 Å². The van der Waals surface area contributed by atoms with Crippen LogP contribution in [0, 0.1) is 0 Å². The van der Waals surface area contributed by atoms with Gasteiger partial charge in [-0.15, -0.1) is 0 Å². The lowest BCUT2D eigenvalue weighted by atomic mass is 10.2. The van der Waals surface area contributed by atoms with Gasteiger partial charge in [-0.05, 0) is 29.8 Å². The molecule has 0 aliphatic heterocycles. The molecule has 0 aliphatic rings. The lowest BCUT2D eigenvalue weighted by Gasteiger charge is -2.06. The largest absolute Gasteiger partial charge is 0.363 e. The van der Waals surface area contributed by atoms with Gasteiger partial charge in [-0.1, -0.05) is 6.07 Å². The van der Waals surface area contributed by atoms with Crippen LogP contribution >= 0.6 is 0 Å².